The van der Waals surface area contributed by atoms with E-state index in [1.807, 2.05) is 24.3 Å². The molecule has 7 heteroatoms. The standard InChI is InChI=1S/C20H22N2O4S/c23-20(21-11-13-26-14-12-21)17-5-7-19(8-6-17)27(24,25)22-10-9-16-3-1-2-4-18(16)15-22/h1-8H,9-15H2. The summed E-state index contributed by atoms with van der Waals surface area (Å²) >= 11 is 0. The van der Waals surface area contributed by atoms with Crippen LogP contribution in [0.5, 0.6) is 0 Å². The van der Waals surface area contributed by atoms with Gasteiger partial charge in [-0.1, -0.05) is 24.3 Å². The number of ether oxygens (including phenoxy) is 1. The lowest BCUT2D eigenvalue weighted by atomic mass is 10.0. The van der Waals surface area contributed by atoms with Crippen molar-refractivity contribution in [2.45, 2.75) is 17.9 Å². The number of nitrogens with zero attached hydrogens (tertiary/aromatic N) is 2. The molecule has 4 rings (SSSR count). The number of hydrogen-bond acceptors (Lipinski definition) is 4. The Hall–Kier alpha value is -2.22. The minimum atomic E-state index is -3.58. The Balaban J connectivity index is 1.52. The first-order valence-electron chi connectivity index (χ1n) is 9.10. The average Bonchev–Trinajstić information content (AvgIpc) is 2.73. The zero-order chi connectivity index (χ0) is 18.9. The maximum absolute atomic E-state index is 13.0. The van der Waals surface area contributed by atoms with E-state index in [9.17, 15) is 13.2 Å². The van der Waals surface area contributed by atoms with E-state index >= 15 is 0 Å². The fourth-order valence-corrected chi connectivity index (χ4v) is 4.96. The van der Waals surface area contributed by atoms with Crippen molar-refractivity contribution < 1.29 is 17.9 Å². The third-order valence-corrected chi connectivity index (χ3v) is 6.99. The minimum Gasteiger partial charge on any atom is -0.378 e. The summed E-state index contributed by atoms with van der Waals surface area (Å²) in [5.74, 6) is -0.0888. The Morgan fingerprint density at radius 3 is 2.26 bits per heavy atom. The van der Waals surface area contributed by atoms with E-state index in [4.69, 9.17) is 4.74 Å². The predicted molar refractivity (Wildman–Crippen MR) is 101 cm³/mol. The lowest BCUT2D eigenvalue weighted by Gasteiger charge is -2.28. The van der Waals surface area contributed by atoms with Gasteiger partial charge in [0.25, 0.3) is 5.91 Å². The topological polar surface area (TPSA) is 66.9 Å². The maximum atomic E-state index is 13.0. The smallest absolute Gasteiger partial charge is 0.254 e. The second-order valence-electron chi connectivity index (χ2n) is 6.79. The molecule has 2 aliphatic rings. The molecular formula is C20H22N2O4S. The van der Waals surface area contributed by atoms with Gasteiger partial charge in [0, 0.05) is 31.7 Å². The van der Waals surface area contributed by atoms with Gasteiger partial charge in [0.1, 0.15) is 0 Å². The van der Waals surface area contributed by atoms with Gasteiger partial charge in [-0.15, -0.1) is 0 Å². The van der Waals surface area contributed by atoms with Crippen molar-refractivity contribution in [1.82, 2.24) is 9.21 Å². The highest BCUT2D eigenvalue weighted by molar-refractivity contribution is 7.89. The Kier molecular flexibility index (Phi) is 4.99. The van der Waals surface area contributed by atoms with Gasteiger partial charge < -0.3 is 9.64 Å². The zero-order valence-electron chi connectivity index (χ0n) is 15.0. The Bertz CT molecular complexity index is 935. The van der Waals surface area contributed by atoms with Crippen molar-refractivity contribution in [3.8, 4) is 0 Å². The second-order valence-corrected chi connectivity index (χ2v) is 8.72. The van der Waals surface area contributed by atoms with Gasteiger partial charge in [0.2, 0.25) is 10.0 Å². The Labute approximate surface area is 159 Å². The largest absolute Gasteiger partial charge is 0.378 e. The molecule has 2 aromatic rings. The third-order valence-electron chi connectivity index (χ3n) is 5.13. The first-order chi connectivity index (χ1) is 13.1. The fourth-order valence-electron chi connectivity index (χ4n) is 3.54. The number of morpholine rings is 1. The lowest BCUT2D eigenvalue weighted by Crippen LogP contribution is -2.40. The molecule has 0 spiro atoms. The number of carbonyl (C=O) groups excluding carboxylic acids is 1. The summed E-state index contributed by atoms with van der Waals surface area (Å²) in [6.07, 6.45) is 0.711. The summed E-state index contributed by atoms with van der Waals surface area (Å²) in [5, 5.41) is 0. The van der Waals surface area contributed by atoms with Crippen LogP contribution in [0.15, 0.2) is 53.4 Å². The molecule has 0 N–H and O–H groups in total. The second kappa shape index (κ2) is 7.42. The highest BCUT2D eigenvalue weighted by Gasteiger charge is 2.28. The van der Waals surface area contributed by atoms with Crippen LogP contribution < -0.4 is 0 Å². The number of benzene rings is 2. The average molecular weight is 386 g/mol. The van der Waals surface area contributed by atoms with Crippen molar-refractivity contribution in [1.29, 1.82) is 0 Å². The number of sulfonamides is 1. The van der Waals surface area contributed by atoms with Crippen LogP contribution in [-0.4, -0.2) is 56.4 Å². The predicted octanol–water partition coefficient (Wildman–Crippen LogP) is 1.91. The highest BCUT2D eigenvalue weighted by Crippen LogP contribution is 2.25. The molecule has 0 unspecified atom stereocenters. The zero-order valence-corrected chi connectivity index (χ0v) is 15.8. The normalized spacial score (nSPS) is 18.1. The number of rotatable bonds is 3. The molecule has 1 amide bonds. The molecule has 27 heavy (non-hydrogen) atoms. The van der Waals surface area contributed by atoms with E-state index in [2.05, 4.69) is 0 Å². The molecule has 1 fully saturated rings. The van der Waals surface area contributed by atoms with Crippen molar-refractivity contribution >= 4 is 15.9 Å². The summed E-state index contributed by atoms with van der Waals surface area (Å²) in [6, 6.07) is 14.2. The number of fused-ring (bicyclic) bond motifs is 1. The van der Waals surface area contributed by atoms with Gasteiger partial charge in [0.05, 0.1) is 18.1 Å². The SMILES string of the molecule is O=C(c1ccc(S(=O)(=O)N2CCc3ccccc3C2)cc1)N1CCOCC1. The number of hydrogen-bond donors (Lipinski definition) is 0. The van der Waals surface area contributed by atoms with Crippen LogP contribution in [0.3, 0.4) is 0 Å². The van der Waals surface area contributed by atoms with Gasteiger partial charge in [-0.2, -0.15) is 4.31 Å². The summed E-state index contributed by atoms with van der Waals surface area (Å²) in [7, 11) is -3.58. The Morgan fingerprint density at radius 1 is 0.889 bits per heavy atom. The van der Waals surface area contributed by atoms with Gasteiger partial charge in [-0.05, 0) is 41.8 Å². The van der Waals surface area contributed by atoms with Gasteiger partial charge >= 0.3 is 0 Å². The van der Waals surface area contributed by atoms with E-state index < -0.39 is 10.0 Å². The molecule has 0 aliphatic carbocycles. The quantitative estimate of drug-likeness (QED) is 0.808. The van der Waals surface area contributed by atoms with Gasteiger partial charge in [0.15, 0.2) is 0 Å². The monoisotopic (exact) mass is 386 g/mol. The van der Waals surface area contributed by atoms with E-state index in [-0.39, 0.29) is 10.8 Å². The lowest BCUT2D eigenvalue weighted by molar-refractivity contribution is 0.0303. The molecule has 2 aromatic carbocycles. The van der Waals surface area contributed by atoms with E-state index in [1.54, 1.807) is 17.0 Å². The Morgan fingerprint density at radius 2 is 1.56 bits per heavy atom. The van der Waals surface area contributed by atoms with Crippen LogP contribution >= 0.6 is 0 Å². The van der Waals surface area contributed by atoms with Crippen molar-refractivity contribution in [2.75, 3.05) is 32.8 Å². The number of carbonyl (C=O) groups is 1. The fraction of sp³-hybridized carbons (Fsp3) is 0.350. The van der Waals surface area contributed by atoms with Crippen molar-refractivity contribution in [3.05, 3.63) is 65.2 Å². The molecule has 6 nitrogen and oxygen atoms in total. The van der Waals surface area contributed by atoms with Crippen molar-refractivity contribution in [2.24, 2.45) is 0 Å². The maximum Gasteiger partial charge on any atom is 0.254 e. The van der Waals surface area contributed by atoms with Gasteiger partial charge in [-0.3, -0.25) is 4.79 Å². The van der Waals surface area contributed by atoms with Crippen LogP contribution in [0, 0.1) is 0 Å². The van der Waals surface area contributed by atoms with Crippen LogP contribution in [0.1, 0.15) is 21.5 Å². The molecule has 142 valence electrons. The molecule has 2 aliphatic heterocycles. The molecule has 0 bridgehead atoms. The molecular weight excluding hydrogens is 364 g/mol. The van der Waals surface area contributed by atoms with Crippen LogP contribution in [0.2, 0.25) is 0 Å². The summed E-state index contributed by atoms with van der Waals surface area (Å²) < 4.78 is 32.8. The number of amides is 1. The van der Waals surface area contributed by atoms with Crippen LogP contribution in [-0.2, 0) is 27.7 Å². The minimum absolute atomic E-state index is 0.0888. The molecule has 0 saturated carbocycles. The molecule has 2 heterocycles. The summed E-state index contributed by atoms with van der Waals surface area (Å²) in [6.45, 7) is 3.04. The van der Waals surface area contributed by atoms with E-state index in [0.717, 1.165) is 5.56 Å². The van der Waals surface area contributed by atoms with Crippen LogP contribution in [0.4, 0.5) is 0 Å². The summed E-state index contributed by atoms with van der Waals surface area (Å²) in [4.78, 5) is 14.5. The van der Waals surface area contributed by atoms with E-state index in [0.29, 0.717) is 51.4 Å². The molecule has 0 aromatic heterocycles. The summed E-state index contributed by atoms with van der Waals surface area (Å²) in [5.41, 5.74) is 2.75. The first-order valence-corrected chi connectivity index (χ1v) is 10.5. The van der Waals surface area contributed by atoms with Gasteiger partial charge in [-0.25, -0.2) is 8.42 Å². The molecule has 0 atom stereocenters. The highest BCUT2D eigenvalue weighted by atomic mass is 32.2. The van der Waals surface area contributed by atoms with E-state index in [1.165, 1.54) is 22.0 Å². The molecule has 1 saturated heterocycles. The third kappa shape index (κ3) is 3.63. The van der Waals surface area contributed by atoms with Crippen molar-refractivity contribution in [3.63, 3.8) is 0 Å². The first kappa shape index (κ1) is 18.2. The van der Waals surface area contributed by atoms with Crippen LogP contribution in [0.25, 0.3) is 0 Å². The molecule has 0 radical (unpaired) electrons.